The van der Waals surface area contributed by atoms with E-state index in [1.807, 2.05) is 18.2 Å². The van der Waals surface area contributed by atoms with Crippen LogP contribution in [0.5, 0.6) is 5.75 Å². The third-order valence-corrected chi connectivity index (χ3v) is 9.10. The topological polar surface area (TPSA) is 115 Å². The van der Waals surface area contributed by atoms with Crippen LogP contribution < -0.4 is 15.4 Å². The number of nitrogens with zero attached hydrogens (tertiary/aromatic N) is 3. The highest BCUT2D eigenvalue weighted by Crippen LogP contribution is 2.56. The number of aromatic nitrogens is 3. The first-order valence-corrected chi connectivity index (χ1v) is 13.7. The van der Waals surface area contributed by atoms with Crippen LogP contribution in [0.2, 0.25) is 0 Å². The summed E-state index contributed by atoms with van der Waals surface area (Å²) in [5, 5.41) is 10.3. The third-order valence-electron chi connectivity index (χ3n) is 9.10. The Labute approximate surface area is 220 Å². The SMILES string of the molecule is O=C1COc2ccc(CNC(=O)c3cc(C(=O)NCC4C5CC6CC(C5)CC4C6)n4nccc4n3)cc2C1. The summed E-state index contributed by atoms with van der Waals surface area (Å²) in [6, 6.07) is 8.77. The van der Waals surface area contributed by atoms with Gasteiger partial charge in [0.25, 0.3) is 11.8 Å². The zero-order valence-electron chi connectivity index (χ0n) is 21.2. The molecule has 2 N–H and O–H groups in total. The number of nitrogens with one attached hydrogen (secondary N) is 2. The van der Waals surface area contributed by atoms with Crippen molar-refractivity contribution in [2.45, 2.75) is 45.1 Å². The molecule has 9 heteroatoms. The minimum Gasteiger partial charge on any atom is -0.486 e. The molecule has 0 unspecified atom stereocenters. The number of fused-ring (bicyclic) bond motifs is 2. The Hall–Kier alpha value is -3.75. The second-order valence-corrected chi connectivity index (χ2v) is 11.6. The number of ether oxygens (including phenoxy) is 1. The standard InChI is InChI=1S/C29H31N5O4/c35-22-11-21-6-16(1-2-26(21)38-15-22)13-30-28(36)24-12-25(34-27(33-24)3-4-32-34)29(37)31-14-23-19-7-17-5-18(9-19)10-20(23)8-17/h1-4,6,12,17-20,23H,5,7-11,13-15H2,(H,30,36)(H,31,37). The van der Waals surface area contributed by atoms with Gasteiger partial charge in [-0.1, -0.05) is 6.07 Å². The maximum atomic E-state index is 13.3. The fraction of sp³-hybridized carbons (Fsp3) is 0.483. The van der Waals surface area contributed by atoms with Gasteiger partial charge in [-0.3, -0.25) is 14.4 Å². The van der Waals surface area contributed by atoms with E-state index in [1.165, 1.54) is 42.7 Å². The molecular formula is C29H31N5O4. The van der Waals surface area contributed by atoms with E-state index in [2.05, 4.69) is 20.7 Å². The van der Waals surface area contributed by atoms with Crippen molar-refractivity contribution in [2.24, 2.45) is 29.6 Å². The molecular weight excluding hydrogens is 482 g/mol. The quantitative estimate of drug-likeness (QED) is 0.524. The van der Waals surface area contributed by atoms with E-state index >= 15 is 0 Å². The summed E-state index contributed by atoms with van der Waals surface area (Å²) in [5.41, 5.74) is 2.59. The van der Waals surface area contributed by atoms with Gasteiger partial charge in [-0.15, -0.1) is 0 Å². The molecule has 0 atom stereocenters. The average Bonchev–Trinajstić information content (AvgIpc) is 3.39. The van der Waals surface area contributed by atoms with Gasteiger partial charge in [-0.05, 0) is 79.4 Å². The summed E-state index contributed by atoms with van der Waals surface area (Å²) in [5.74, 6) is 3.91. The lowest BCUT2D eigenvalue weighted by molar-refractivity contribution is -0.121. The lowest BCUT2D eigenvalue weighted by Gasteiger charge is -2.54. The first-order valence-electron chi connectivity index (χ1n) is 13.7. The predicted molar refractivity (Wildman–Crippen MR) is 138 cm³/mol. The molecule has 4 saturated carbocycles. The van der Waals surface area contributed by atoms with Crippen LogP contribution in [-0.4, -0.2) is 45.3 Å². The molecule has 1 aliphatic heterocycles. The largest absolute Gasteiger partial charge is 0.486 e. The van der Waals surface area contributed by atoms with E-state index in [9.17, 15) is 14.4 Å². The van der Waals surface area contributed by atoms with Crippen LogP contribution in [0.25, 0.3) is 5.65 Å². The highest BCUT2D eigenvalue weighted by Gasteiger charge is 2.48. The van der Waals surface area contributed by atoms with Crippen molar-refractivity contribution in [3.05, 3.63) is 59.0 Å². The van der Waals surface area contributed by atoms with Crippen LogP contribution in [0.3, 0.4) is 0 Å². The van der Waals surface area contributed by atoms with Crippen molar-refractivity contribution in [1.82, 2.24) is 25.2 Å². The third kappa shape index (κ3) is 4.23. The Morgan fingerprint density at radius 2 is 1.76 bits per heavy atom. The van der Waals surface area contributed by atoms with Crippen molar-refractivity contribution in [2.75, 3.05) is 13.2 Å². The van der Waals surface area contributed by atoms with Crippen LogP contribution in [0, 0.1) is 29.6 Å². The molecule has 8 rings (SSSR count). The molecule has 2 amide bonds. The average molecular weight is 514 g/mol. The molecule has 0 saturated heterocycles. The zero-order chi connectivity index (χ0) is 25.8. The van der Waals surface area contributed by atoms with Gasteiger partial charge in [0.15, 0.2) is 11.4 Å². The molecule has 196 valence electrons. The predicted octanol–water partition coefficient (Wildman–Crippen LogP) is 2.97. The van der Waals surface area contributed by atoms with Crippen LogP contribution in [0.15, 0.2) is 36.5 Å². The van der Waals surface area contributed by atoms with Crippen LogP contribution in [0.4, 0.5) is 0 Å². The number of ketones is 1. The van der Waals surface area contributed by atoms with Crippen LogP contribution >= 0.6 is 0 Å². The van der Waals surface area contributed by atoms with E-state index in [4.69, 9.17) is 4.74 Å². The first kappa shape index (κ1) is 23.4. The number of carbonyl (C=O) groups excluding carboxylic acids is 3. The summed E-state index contributed by atoms with van der Waals surface area (Å²) in [4.78, 5) is 42.5. The fourth-order valence-electron chi connectivity index (χ4n) is 7.58. The van der Waals surface area contributed by atoms with E-state index in [0.29, 0.717) is 36.0 Å². The molecule has 0 spiro atoms. The Morgan fingerprint density at radius 3 is 2.55 bits per heavy atom. The number of carbonyl (C=O) groups is 3. The Bertz CT molecular complexity index is 1420. The summed E-state index contributed by atoms with van der Waals surface area (Å²) in [6.45, 7) is 1.04. The van der Waals surface area contributed by atoms with Crippen molar-refractivity contribution in [3.63, 3.8) is 0 Å². The lowest BCUT2D eigenvalue weighted by atomic mass is 9.52. The molecule has 38 heavy (non-hydrogen) atoms. The number of amides is 2. The minimum atomic E-state index is -0.381. The van der Waals surface area contributed by atoms with E-state index in [-0.39, 0.29) is 36.4 Å². The summed E-state index contributed by atoms with van der Waals surface area (Å²) < 4.78 is 6.94. The van der Waals surface area contributed by atoms with Gasteiger partial charge in [0.05, 0.1) is 6.20 Å². The molecule has 4 aliphatic carbocycles. The molecule has 1 aromatic carbocycles. The van der Waals surface area contributed by atoms with Crippen molar-refractivity contribution >= 4 is 23.2 Å². The fourth-order valence-corrected chi connectivity index (χ4v) is 7.58. The molecule has 3 aromatic rings. The molecule has 3 heterocycles. The maximum Gasteiger partial charge on any atom is 0.270 e. The maximum absolute atomic E-state index is 13.3. The van der Waals surface area contributed by atoms with Gasteiger partial charge in [-0.2, -0.15) is 5.10 Å². The van der Waals surface area contributed by atoms with Gasteiger partial charge in [0, 0.05) is 37.2 Å². The summed E-state index contributed by atoms with van der Waals surface area (Å²) in [7, 11) is 0. The summed E-state index contributed by atoms with van der Waals surface area (Å²) >= 11 is 0. The van der Waals surface area contributed by atoms with Gasteiger partial charge in [0.1, 0.15) is 23.7 Å². The zero-order valence-corrected chi connectivity index (χ0v) is 21.2. The molecule has 2 aromatic heterocycles. The van der Waals surface area contributed by atoms with Crippen LogP contribution in [-0.2, 0) is 17.8 Å². The Morgan fingerprint density at radius 1 is 0.974 bits per heavy atom. The number of hydrogen-bond donors (Lipinski definition) is 2. The number of hydrogen-bond acceptors (Lipinski definition) is 6. The van der Waals surface area contributed by atoms with Crippen molar-refractivity contribution < 1.29 is 19.1 Å². The van der Waals surface area contributed by atoms with Gasteiger partial charge < -0.3 is 15.4 Å². The molecule has 9 nitrogen and oxygen atoms in total. The molecule has 0 radical (unpaired) electrons. The van der Waals surface area contributed by atoms with E-state index in [1.54, 1.807) is 12.3 Å². The van der Waals surface area contributed by atoms with Crippen LogP contribution in [0.1, 0.15) is 64.2 Å². The number of benzene rings is 1. The summed E-state index contributed by atoms with van der Waals surface area (Å²) in [6.07, 6.45) is 8.56. The highest BCUT2D eigenvalue weighted by molar-refractivity contribution is 5.98. The van der Waals surface area contributed by atoms with E-state index < -0.39 is 0 Å². The molecule has 4 fully saturated rings. The Balaban J connectivity index is 1.05. The number of Topliss-reactive ketones (excluding diaryl/α,β-unsaturated/α-hetero) is 1. The smallest absolute Gasteiger partial charge is 0.270 e. The second-order valence-electron chi connectivity index (χ2n) is 11.6. The minimum absolute atomic E-state index is 0.0334. The highest BCUT2D eigenvalue weighted by atomic mass is 16.5. The monoisotopic (exact) mass is 513 g/mol. The van der Waals surface area contributed by atoms with Crippen molar-refractivity contribution in [1.29, 1.82) is 0 Å². The number of rotatable bonds is 6. The molecule has 5 aliphatic rings. The first-order chi connectivity index (χ1) is 18.5. The van der Waals surface area contributed by atoms with E-state index in [0.717, 1.165) is 34.8 Å². The molecule has 4 bridgehead atoms. The van der Waals surface area contributed by atoms with Gasteiger partial charge in [-0.25, -0.2) is 9.50 Å². The van der Waals surface area contributed by atoms with Gasteiger partial charge >= 0.3 is 0 Å². The second kappa shape index (κ2) is 9.22. The Kier molecular flexibility index (Phi) is 5.67. The van der Waals surface area contributed by atoms with Gasteiger partial charge in [0.2, 0.25) is 0 Å². The normalized spacial score (nSPS) is 27.2. The van der Waals surface area contributed by atoms with Crippen molar-refractivity contribution in [3.8, 4) is 5.75 Å². The lowest BCUT2D eigenvalue weighted by Crippen LogP contribution is -2.49.